The van der Waals surface area contributed by atoms with Gasteiger partial charge in [-0.2, -0.15) is 4.98 Å². The number of sulfonamides is 1. The highest BCUT2D eigenvalue weighted by atomic mass is 32.2. The predicted octanol–water partition coefficient (Wildman–Crippen LogP) is 2.33. The monoisotopic (exact) mass is 361 g/mol. The minimum absolute atomic E-state index is 0.201. The Morgan fingerprint density at radius 1 is 1.08 bits per heavy atom. The molecule has 25 heavy (non-hydrogen) atoms. The molecule has 1 heterocycles. The fraction of sp³-hybridized carbons (Fsp3) is 0.412. The molecule has 0 radical (unpaired) electrons. The second kappa shape index (κ2) is 7.37. The van der Waals surface area contributed by atoms with Gasteiger partial charge < -0.3 is 10.6 Å². The highest BCUT2D eigenvalue weighted by Gasteiger charge is 2.35. The summed E-state index contributed by atoms with van der Waals surface area (Å²) in [6, 6.07) is 9.91. The number of aryl methyl sites for hydroxylation is 2. The third kappa shape index (κ3) is 5.14. The van der Waals surface area contributed by atoms with E-state index in [0.29, 0.717) is 24.9 Å². The average molecular weight is 361 g/mol. The van der Waals surface area contributed by atoms with E-state index >= 15 is 0 Å². The van der Waals surface area contributed by atoms with Crippen LogP contribution in [0.1, 0.15) is 24.1 Å². The van der Waals surface area contributed by atoms with E-state index in [1.54, 1.807) is 0 Å². The molecule has 0 amide bonds. The fourth-order valence-corrected chi connectivity index (χ4v) is 3.74. The first-order chi connectivity index (χ1) is 11.9. The van der Waals surface area contributed by atoms with E-state index in [1.165, 1.54) is 5.56 Å². The smallest absolute Gasteiger partial charge is 0.224 e. The number of anilines is 3. The summed E-state index contributed by atoms with van der Waals surface area (Å²) in [6.45, 7) is 4.68. The van der Waals surface area contributed by atoms with Gasteiger partial charge in [-0.05, 0) is 38.8 Å². The summed E-state index contributed by atoms with van der Waals surface area (Å²) < 4.78 is 26.1. The average Bonchev–Trinajstić information content (AvgIpc) is 3.39. The van der Waals surface area contributed by atoms with Gasteiger partial charge >= 0.3 is 0 Å². The zero-order valence-electron chi connectivity index (χ0n) is 14.4. The molecule has 0 aliphatic heterocycles. The molecule has 0 bridgehead atoms. The first-order valence-corrected chi connectivity index (χ1v) is 9.89. The van der Waals surface area contributed by atoms with Gasteiger partial charge in [0.15, 0.2) is 0 Å². The molecule has 0 saturated heterocycles. The minimum atomic E-state index is -3.15. The van der Waals surface area contributed by atoms with Gasteiger partial charge in [0.2, 0.25) is 16.0 Å². The number of nitrogens with zero attached hydrogens (tertiary/aromatic N) is 2. The lowest BCUT2D eigenvalue weighted by Crippen LogP contribution is -2.31. The van der Waals surface area contributed by atoms with Crippen molar-refractivity contribution in [1.29, 1.82) is 0 Å². The lowest BCUT2D eigenvalue weighted by Gasteiger charge is -2.11. The first kappa shape index (κ1) is 17.6. The van der Waals surface area contributed by atoms with Gasteiger partial charge in [-0.3, -0.25) is 0 Å². The zero-order valence-corrected chi connectivity index (χ0v) is 15.2. The fourth-order valence-electron chi connectivity index (χ4n) is 2.36. The maximum Gasteiger partial charge on any atom is 0.224 e. The Kier molecular flexibility index (Phi) is 5.19. The van der Waals surface area contributed by atoms with Crippen LogP contribution < -0.4 is 15.4 Å². The van der Waals surface area contributed by atoms with Crippen molar-refractivity contribution < 1.29 is 8.42 Å². The molecule has 1 fully saturated rings. The van der Waals surface area contributed by atoms with Crippen LogP contribution >= 0.6 is 0 Å². The van der Waals surface area contributed by atoms with Gasteiger partial charge in [0, 0.05) is 30.5 Å². The van der Waals surface area contributed by atoms with Crippen LogP contribution in [0.25, 0.3) is 0 Å². The third-order valence-electron chi connectivity index (χ3n) is 3.85. The Morgan fingerprint density at radius 2 is 1.80 bits per heavy atom. The number of hydrogen-bond donors (Lipinski definition) is 3. The summed E-state index contributed by atoms with van der Waals surface area (Å²) in [4.78, 5) is 8.75. The molecule has 0 spiro atoms. The van der Waals surface area contributed by atoms with Crippen molar-refractivity contribution in [1.82, 2.24) is 14.7 Å². The summed E-state index contributed by atoms with van der Waals surface area (Å²) >= 11 is 0. The van der Waals surface area contributed by atoms with Crippen LogP contribution in [0.15, 0.2) is 30.3 Å². The molecule has 7 nitrogen and oxygen atoms in total. The number of benzene rings is 1. The van der Waals surface area contributed by atoms with Crippen LogP contribution in [0.2, 0.25) is 0 Å². The molecule has 0 atom stereocenters. The van der Waals surface area contributed by atoms with Gasteiger partial charge in [-0.25, -0.2) is 18.1 Å². The number of aromatic nitrogens is 2. The van der Waals surface area contributed by atoms with Gasteiger partial charge in [-0.1, -0.05) is 17.7 Å². The summed E-state index contributed by atoms with van der Waals surface area (Å²) in [7, 11) is -3.15. The van der Waals surface area contributed by atoms with Crippen LogP contribution in [0.3, 0.4) is 0 Å². The topological polar surface area (TPSA) is 96.0 Å². The van der Waals surface area contributed by atoms with Gasteiger partial charge in [0.1, 0.15) is 5.82 Å². The lowest BCUT2D eigenvalue weighted by atomic mass is 10.2. The number of hydrogen-bond acceptors (Lipinski definition) is 6. The van der Waals surface area contributed by atoms with Crippen LogP contribution in [0.4, 0.5) is 17.5 Å². The summed E-state index contributed by atoms with van der Waals surface area (Å²) in [6.07, 6.45) is 1.52. The van der Waals surface area contributed by atoms with E-state index in [2.05, 4.69) is 25.3 Å². The molecule has 8 heteroatoms. The van der Waals surface area contributed by atoms with Gasteiger partial charge in [0.05, 0.1) is 5.25 Å². The van der Waals surface area contributed by atoms with Crippen molar-refractivity contribution in [3.63, 3.8) is 0 Å². The normalized spacial score (nSPS) is 14.3. The SMILES string of the molecule is Cc1ccc(Nc2cc(C)nc(NCCNS(=O)(=O)C3CC3)n2)cc1. The quantitative estimate of drug-likeness (QED) is 0.625. The molecule has 0 unspecified atom stereocenters. The highest BCUT2D eigenvalue weighted by Crippen LogP contribution is 2.27. The van der Waals surface area contributed by atoms with Gasteiger partial charge in [-0.15, -0.1) is 0 Å². The Balaban J connectivity index is 1.56. The molecule has 1 aliphatic carbocycles. The van der Waals surface area contributed by atoms with E-state index < -0.39 is 10.0 Å². The maximum atomic E-state index is 11.8. The molecule has 1 aliphatic rings. The summed E-state index contributed by atoms with van der Waals surface area (Å²) in [5.74, 6) is 1.16. The molecular formula is C17H23N5O2S. The zero-order chi connectivity index (χ0) is 17.9. The number of rotatable bonds is 8. The maximum absolute atomic E-state index is 11.8. The lowest BCUT2D eigenvalue weighted by molar-refractivity contribution is 0.581. The highest BCUT2D eigenvalue weighted by molar-refractivity contribution is 7.90. The molecule has 3 rings (SSSR count). The first-order valence-electron chi connectivity index (χ1n) is 8.34. The predicted molar refractivity (Wildman–Crippen MR) is 99.7 cm³/mol. The second-order valence-corrected chi connectivity index (χ2v) is 8.32. The van der Waals surface area contributed by atoms with E-state index in [4.69, 9.17) is 0 Å². The Labute approximate surface area is 148 Å². The van der Waals surface area contributed by atoms with Crippen LogP contribution in [0, 0.1) is 13.8 Å². The molecule has 1 aromatic heterocycles. The molecule has 3 N–H and O–H groups in total. The van der Waals surface area contributed by atoms with Crippen molar-refractivity contribution >= 4 is 27.5 Å². The largest absolute Gasteiger partial charge is 0.353 e. The van der Waals surface area contributed by atoms with E-state index in [1.807, 2.05) is 44.2 Å². The van der Waals surface area contributed by atoms with E-state index in [0.717, 1.165) is 24.2 Å². The minimum Gasteiger partial charge on any atom is -0.353 e. The Morgan fingerprint density at radius 3 is 2.48 bits per heavy atom. The van der Waals surface area contributed by atoms with E-state index in [9.17, 15) is 8.42 Å². The van der Waals surface area contributed by atoms with Gasteiger partial charge in [0.25, 0.3) is 0 Å². The molecule has 2 aromatic rings. The third-order valence-corrected chi connectivity index (χ3v) is 5.81. The second-order valence-electron chi connectivity index (χ2n) is 6.27. The summed E-state index contributed by atoms with van der Waals surface area (Å²) in [5.41, 5.74) is 2.97. The van der Waals surface area contributed by atoms with Crippen LogP contribution in [0.5, 0.6) is 0 Å². The standard InChI is InChI=1S/C17H23N5O2S/c1-12-3-5-14(6-4-12)21-16-11-13(2)20-17(22-16)18-9-10-19-25(23,24)15-7-8-15/h3-6,11,15,19H,7-10H2,1-2H3,(H2,18,20,21,22). The van der Waals surface area contributed by atoms with Crippen molar-refractivity contribution in [2.75, 3.05) is 23.7 Å². The van der Waals surface area contributed by atoms with Crippen molar-refractivity contribution in [3.05, 3.63) is 41.6 Å². The van der Waals surface area contributed by atoms with E-state index in [-0.39, 0.29) is 5.25 Å². The molecule has 134 valence electrons. The Bertz CT molecular complexity index is 833. The van der Waals surface area contributed by atoms with Crippen LogP contribution in [-0.2, 0) is 10.0 Å². The van der Waals surface area contributed by atoms with Crippen molar-refractivity contribution in [3.8, 4) is 0 Å². The van der Waals surface area contributed by atoms with Crippen molar-refractivity contribution in [2.45, 2.75) is 31.9 Å². The molecular weight excluding hydrogens is 338 g/mol. The van der Waals surface area contributed by atoms with Crippen molar-refractivity contribution in [2.24, 2.45) is 0 Å². The van der Waals surface area contributed by atoms with Crippen LogP contribution in [-0.4, -0.2) is 36.7 Å². The summed E-state index contributed by atoms with van der Waals surface area (Å²) in [5, 5.41) is 6.11. The number of nitrogens with one attached hydrogen (secondary N) is 3. The Hall–Kier alpha value is -2.19. The molecule has 1 aromatic carbocycles. The molecule has 1 saturated carbocycles.